The summed E-state index contributed by atoms with van der Waals surface area (Å²) in [6.45, 7) is 8.23. The van der Waals surface area contributed by atoms with Gasteiger partial charge in [0.05, 0.1) is 10.3 Å². The van der Waals surface area contributed by atoms with E-state index in [1.54, 1.807) is 27.4 Å². The van der Waals surface area contributed by atoms with Crippen LogP contribution < -0.4 is 4.90 Å². The highest BCUT2D eigenvalue weighted by Gasteiger charge is 2.45. The van der Waals surface area contributed by atoms with Gasteiger partial charge < -0.3 is 9.80 Å². The highest BCUT2D eigenvalue weighted by molar-refractivity contribution is 7.89. The number of carbonyl (C=O) groups excluding carboxylic acids is 2. The molecule has 0 saturated carbocycles. The Morgan fingerprint density at radius 2 is 1.75 bits per heavy atom. The van der Waals surface area contributed by atoms with E-state index in [1.165, 1.54) is 0 Å². The van der Waals surface area contributed by atoms with E-state index in [0.29, 0.717) is 30.3 Å². The van der Waals surface area contributed by atoms with Crippen molar-refractivity contribution in [2.45, 2.75) is 69.6 Å². The van der Waals surface area contributed by atoms with E-state index in [0.717, 1.165) is 51.6 Å². The number of sulfonamides is 1. The van der Waals surface area contributed by atoms with Gasteiger partial charge in [-0.05, 0) is 69.2 Å². The SMILES string of the molecule is C[C@H]1CCCN(S(=O)(=O)c2ccc3c(c2)C(C)(C)C(=O)N3CC(=O)N2CCCCCC2)C1. The fraction of sp³-hybridized carbons (Fsp3) is 0.667. The van der Waals surface area contributed by atoms with Gasteiger partial charge in [-0.1, -0.05) is 19.8 Å². The second kappa shape index (κ2) is 8.78. The van der Waals surface area contributed by atoms with Crippen LogP contribution in [-0.4, -0.2) is 62.2 Å². The van der Waals surface area contributed by atoms with Crippen LogP contribution in [-0.2, 0) is 25.0 Å². The number of benzene rings is 1. The van der Waals surface area contributed by atoms with Crippen LogP contribution in [0.4, 0.5) is 5.69 Å². The largest absolute Gasteiger partial charge is 0.341 e. The fourth-order valence-electron chi connectivity index (χ4n) is 5.20. The van der Waals surface area contributed by atoms with Crippen LogP contribution in [0, 0.1) is 5.92 Å². The first kappa shape index (κ1) is 23.2. The minimum absolute atomic E-state index is 0.00496. The minimum atomic E-state index is -3.62. The summed E-state index contributed by atoms with van der Waals surface area (Å²) in [7, 11) is -3.62. The molecule has 0 spiro atoms. The molecule has 0 radical (unpaired) electrons. The number of fused-ring (bicyclic) bond motifs is 1. The van der Waals surface area contributed by atoms with Gasteiger partial charge >= 0.3 is 0 Å². The lowest BCUT2D eigenvalue weighted by Crippen LogP contribution is -2.44. The van der Waals surface area contributed by atoms with Crippen molar-refractivity contribution < 1.29 is 18.0 Å². The van der Waals surface area contributed by atoms with Gasteiger partial charge in [0, 0.05) is 31.9 Å². The molecule has 3 aliphatic heterocycles. The third-order valence-corrected chi connectivity index (χ3v) is 9.08. The van der Waals surface area contributed by atoms with Gasteiger partial charge in [-0.15, -0.1) is 0 Å². The van der Waals surface area contributed by atoms with Crippen LogP contribution in [0.15, 0.2) is 23.1 Å². The first-order valence-corrected chi connectivity index (χ1v) is 13.3. The van der Waals surface area contributed by atoms with Crippen LogP contribution in [0.2, 0.25) is 0 Å². The molecule has 0 bridgehead atoms. The second-order valence-corrected chi connectivity index (χ2v) is 12.0. The van der Waals surface area contributed by atoms with Crippen molar-refractivity contribution in [3.05, 3.63) is 23.8 Å². The minimum Gasteiger partial charge on any atom is -0.341 e. The molecule has 2 saturated heterocycles. The van der Waals surface area contributed by atoms with E-state index < -0.39 is 15.4 Å². The molecule has 2 fully saturated rings. The van der Waals surface area contributed by atoms with Gasteiger partial charge in [0.25, 0.3) is 0 Å². The number of anilines is 1. The summed E-state index contributed by atoms with van der Waals surface area (Å²) in [5.74, 6) is 0.145. The predicted octanol–water partition coefficient (Wildman–Crippen LogP) is 3.13. The highest BCUT2D eigenvalue weighted by Crippen LogP contribution is 2.43. The Hall–Kier alpha value is -1.93. The van der Waals surface area contributed by atoms with Crippen molar-refractivity contribution in [1.29, 1.82) is 0 Å². The van der Waals surface area contributed by atoms with E-state index >= 15 is 0 Å². The van der Waals surface area contributed by atoms with Crippen LogP contribution in [0.1, 0.15) is 64.9 Å². The molecular weight excluding hydrogens is 426 g/mol. The zero-order valence-electron chi connectivity index (χ0n) is 19.5. The summed E-state index contributed by atoms with van der Waals surface area (Å²) in [6, 6.07) is 4.95. The zero-order valence-corrected chi connectivity index (χ0v) is 20.3. The third kappa shape index (κ3) is 4.19. The second-order valence-electron chi connectivity index (χ2n) is 10.1. The van der Waals surface area contributed by atoms with E-state index in [2.05, 4.69) is 6.92 Å². The molecule has 1 aromatic carbocycles. The van der Waals surface area contributed by atoms with Crippen molar-refractivity contribution in [3.63, 3.8) is 0 Å². The molecule has 3 aliphatic rings. The summed E-state index contributed by atoms with van der Waals surface area (Å²) in [4.78, 5) is 29.9. The Labute approximate surface area is 191 Å². The number of hydrogen-bond acceptors (Lipinski definition) is 4. The molecule has 7 nitrogen and oxygen atoms in total. The maximum atomic E-state index is 13.3. The Kier molecular flexibility index (Phi) is 6.38. The first-order valence-electron chi connectivity index (χ1n) is 11.9. The molecule has 0 aromatic heterocycles. The Morgan fingerprint density at radius 1 is 1.06 bits per heavy atom. The molecule has 0 aliphatic carbocycles. The number of piperidine rings is 1. The average molecular weight is 462 g/mol. The van der Waals surface area contributed by atoms with E-state index in [9.17, 15) is 18.0 Å². The number of likely N-dealkylation sites (tertiary alicyclic amines) is 1. The van der Waals surface area contributed by atoms with E-state index in [1.807, 2.05) is 18.7 Å². The fourth-order valence-corrected chi connectivity index (χ4v) is 6.82. The summed E-state index contributed by atoms with van der Waals surface area (Å²) in [5.41, 5.74) is 0.446. The molecule has 1 atom stereocenters. The molecule has 3 heterocycles. The summed E-state index contributed by atoms with van der Waals surface area (Å²) < 4.78 is 28.1. The molecule has 2 amide bonds. The number of nitrogens with zero attached hydrogens (tertiary/aromatic N) is 3. The van der Waals surface area contributed by atoms with Crippen molar-refractivity contribution >= 4 is 27.5 Å². The standard InChI is InChI=1S/C24H35N3O4S/c1-18-9-8-14-26(16-18)32(30,31)19-10-11-21-20(15-19)24(2,3)23(29)27(21)17-22(28)25-12-6-4-5-7-13-25/h10-11,15,18H,4-9,12-14,16-17H2,1-3H3/t18-/m0/s1. The van der Waals surface area contributed by atoms with Crippen molar-refractivity contribution in [1.82, 2.24) is 9.21 Å². The molecule has 1 aromatic rings. The maximum absolute atomic E-state index is 13.3. The predicted molar refractivity (Wildman–Crippen MR) is 124 cm³/mol. The van der Waals surface area contributed by atoms with E-state index in [4.69, 9.17) is 0 Å². The van der Waals surface area contributed by atoms with Gasteiger partial charge in [-0.2, -0.15) is 4.31 Å². The van der Waals surface area contributed by atoms with Crippen molar-refractivity contribution in [2.75, 3.05) is 37.6 Å². The van der Waals surface area contributed by atoms with Crippen LogP contribution in [0.3, 0.4) is 0 Å². The van der Waals surface area contributed by atoms with Gasteiger partial charge in [0.1, 0.15) is 6.54 Å². The van der Waals surface area contributed by atoms with Gasteiger partial charge in [0.15, 0.2) is 0 Å². The molecule has 0 N–H and O–H groups in total. The summed E-state index contributed by atoms with van der Waals surface area (Å²) >= 11 is 0. The molecule has 8 heteroatoms. The third-order valence-electron chi connectivity index (χ3n) is 7.22. The summed E-state index contributed by atoms with van der Waals surface area (Å²) in [6.07, 6.45) is 6.17. The Balaban J connectivity index is 1.61. The topological polar surface area (TPSA) is 78.0 Å². The van der Waals surface area contributed by atoms with Crippen molar-refractivity contribution in [2.24, 2.45) is 5.92 Å². The Bertz CT molecular complexity index is 996. The van der Waals surface area contributed by atoms with Crippen LogP contribution in [0.25, 0.3) is 0 Å². The average Bonchev–Trinajstić information content (AvgIpc) is 2.97. The number of hydrogen-bond donors (Lipinski definition) is 0. The van der Waals surface area contributed by atoms with Gasteiger partial charge in [-0.25, -0.2) is 8.42 Å². The van der Waals surface area contributed by atoms with Crippen LogP contribution in [0.5, 0.6) is 0 Å². The molecule has 32 heavy (non-hydrogen) atoms. The lowest BCUT2D eigenvalue weighted by Gasteiger charge is -2.30. The number of carbonyl (C=O) groups is 2. The summed E-state index contributed by atoms with van der Waals surface area (Å²) in [5, 5.41) is 0. The van der Waals surface area contributed by atoms with Crippen molar-refractivity contribution in [3.8, 4) is 0 Å². The first-order chi connectivity index (χ1) is 15.1. The normalized spacial score (nSPS) is 24.3. The molecule has 4 rings (SSSR count). The zero-order chi connectivity index (χ0) is 23.1. The highest BCUT2D eigenvalue weighted by atomic mass is 32.2. The van der Waals surface area contributed by atoms with Gasteiger partial charge in [0.2, 0.25) is 21.8 Å². The smallest absolute Gasteiger partial charge is 0.243 e. The monoisotopic (exact) mass is 461 g/mol. The van der Waals surface area contributed by atoms with Gasteiger partial charge in [-0.3, -0.25) is 9.59 Å². The molecule has 0 unspecified atom stereocenters. The molecule has 176 valence electrons. The number of amides is 2. The lowest BCUT2D eigenvalue weighted by atomic mass is 9.86. The maximum Gasteiger partial charge on any atom is 0.243 e. The Morgan fingerprint density at radius 3 is 2.41 bits per heavy atom. The molecular formula is C24H35N3O4S. The van der Waals surface area contributed by atoms with Crippen LogP contribution >= 0.6 is 0 Å². The lowest BCUT2D eigenvalue weighted by molar-refractivity contribution is -0.131. The quantitative estimate of drug-likeness (QED) is 0.690. The van der Waals surface area contributed by atoms with E-state index in [-0.39, 0.29) is 23.3 Å². The number of rotatable bonds is 4.